The molecule has 0 unspecified atom stereocenters. The molecule has 4 heteroatoms. The van der Waals surface area contributed by atoms with E-state index >= 15 is 0 Å². The Labute approximate surface area is 163 Å². The predicted molar refractivity (Wildman–Crippen MR) is 113 cm³/mol. The van der Waals surface area contributed by atoms with Crippen LogP contribution in [0.5, 0.6) is 0 Å². The molecule has 1 aliphatic carbocycles. The molecular weight excluding hydrogens is 342 g/mol. The predicted octanol–water partition coefficient (Wildman–Crippen LogP) is 5.98. The SMILES string of the molecule is CCCN(CCCNc1ccnc2cc(Cl)ccc12)CC1CCCCC1. The molecule has 142 valence electrons. The van der Waals surface area contributed by atoms with Crippen LogP contribution in [0.3, 0.4) is 0 Å². The van der Waals surface area contributed by atoms with Crippen LogP contribution in [0.2, 0.25) is 5.02 Å². The van der Waals surface area contributed by atoms with Crippen molar-refractivity contribution in [3.8, 4) is 0 Å². The highest BCUT2D eigenvalue weighted by atomic mass is 35.5. The third-order valence-electron chi connectivity index (χ3n) is 5.45. The Morgan fingerprint density at radius 1 is 1.15 bits per heavy atom. The van der Waals surface area contributed by atoms with Crippen molar-refractivity contribution >= 4 is 28.2 Å². The summed E-state index contributed by atoms with van der Waals surface area (Å²) >= 11 is 6.08. The number of halogens is 1. The van der Waals surface area contributed by atoms with Gasteiger partial charge in [-0.3, -0.25) is 4.98 Å². The molecule has 1 aliphatic rings. The number of hydrogen-bond acceptors (Lipinski definition) is 3. The molecule has 3 rings (SSSR count). The number of aromatic nitrogens is 1. The highest BCUT2D eigenvalue weighted by Crippen LogP contribution is 2.25. The van der Waals surface area contributed by atoms with Crippen molar-refractivity contribution in [2.75, 3.05) is 31.5 Å². The van der Waals surface area contributed by atoms with Crippen LogP contribution in [-0.2, 0) is 0 Å². The summed E-state index contributed by atoms with van der Waals surface area (Å²) in [5.41, 5.74) is 2.10. The molecule has 26 heavy (non-hydrogen) atoms. The molecule has 0 aliphatic heterocycles. The molecule has 0 radical (unpaired) electrons. The molecule has 0 saturated heterocycles. The molecule has 0 bridgehead atoms. The summed E-state index contributed by atoms with van der Waals surface area (Å²) in [6, 6.07) is 7.97. The molecule has 1 saturated carbocycles. The van der Waals surface area contributed by atoms with Crippen LogP contribution < -0.4 is 5.32 Å². The van der Waals surface area contributed by atoms with Crippen molar-refractivity contribution in [2.45, 2.75) is 51.9 Å². The van der Waals surface area contributed by atoms with E-state index in [0.717, 1.165) is 34.1 Å². The van der Waals surface area contributed by atoms with Crippen LogP contribution in [0, 0.1) is 5.92 Å². The molecular formula is C22H32ClN3. The smallest absolute Gasteiger partial charge is 0.0737 e. The van der Waals surface area contributed by atoms with Gasteiger partial charge in [0.1, 0.15) is 0 Å². The fraction of sp³-hybridized carbons (Fsp3) is 0.591. The van der Waals surface area contributed by atoms with Crippen molar-refractivity contribution in [1.29, 1.82) is 0 Å². The van der Waals surface area contributed by atoms with Gasteiger partial charge in [-0.05, 0) is 69.0 Å². The maximum absolute atomic E-state index is 6.08. The van der Waals surface area contributed by atoms with E-state index in [-0.39, 0.29) is 0 Å². The molecule has 3 nitrogen and oxygen atoms in total. The average Bonchev–Trinajstić information content (AvgIpc) is 2.66. The van der Waals surface area contributed by atoms with Gasteiger partial charge in [-0.2, -0.15) is 0 Å². The first kappa shape index (κ1) is 19.4. The Balaban J connectivity index is 1.49. The van der Waals surface area contributed by atoms with E-state index in [1.165, 1.54) is 64.6 Å². The molecule has 0 atom stereocenters. The maximum Gasteiger partial charge on any atom is 0.0737 e. The summed E-state index contributed by atoms with van der Waals surface area (Å²) in [4.78, 5) is 7.10. The van der Waals surface area contributed by atoms with Gasteiger partial charge >= 0.3 is 0 Å². The van der Waals surface area contributed by atoms with Crippen LogP contribution >= 0.6 is 11.6 Å². The minimum Gasteiger partial charge on any atom is -0.384 e. The summed E-state index contributed by atoms with van der Waals surface area (Å²) in [6.07, 6.45) is 11.5. The quantitative estimate of drug-likeness (QED) is 0.548. The Morgan fingerprint density at radius 2 is 2.00 bits per heavy atom. The van der Waals surface area contributed by atoms with Gasteiger partial charge in [0.25, 0.3) is 0 Å². The van der Waals surface area contributed by atoms with Crippen LogP contribution in [0.15, 0.2) is 30.5 Å². The normalized spacial score (nSPS) is 15.7. The Hall–Kier alpha value is -1.32. The first-order chi connectivity index (χ1) is 12.8. The van der Waals surface area contributed by atoms with Crippen molar-refractivity contribution in [3.63, 3.8) is 0 Å². The van der Waals surface area contributed by atoms with Crippen molar-refractivity contribution in [1.82, 2.24) is 9.88 Å². The van der Waals surface area contributed by atoms with E-state index in [0.29, 0.717) is 0 Å². The summed E-state index contributed by atoms with van der Waals surface area (Å²) in [7, 11) is 0. The third kappa shape index (κ3) is 5.59. The first-order valence-electron chi connectivity index (χ1n) is 10.3. The average molecular weight is 374 g/mol. The lowest BCUT2D eigenvalue weighted by Gasteiger charge is -2.29. The number of benzene rings is 1. The number of hydrogen-bond donors (Lipinski definition) is 1. The number of fused-ring (bicyclic) bond motifs is 1. The molecule has 0 amide bonds. The zero-order chi connectivity index (χ0) is 18.2. The minimum absolute atomic E-state index is 0.736. The van der Waals surface area contributed by atoms with Crippen molar-refractivity contribution in [2.24, 2.45) is 5.92 Å². The number of rotatable bonds is 9. The van der Waals surface area contributed by atoms with Crippen LogP contribution in [0.4, 0.5) is 5.69 Å². The van der Waals surface area contributed by atoms with E-state index in [2.05, 4.69) is 34.3 Å². The molecule has 1 heterocycles. The molecule has 2 aromatic rings. The lowest BCUT2D eigenvalue weighted by molar-refractivity contribution is 0.200. The largest absolute Gasteiger partial charge is 0.384 e. The van der Waals surface area contributed by atoms with Crippen molar-refractivity contribution < 1.29 is 0 Å². The molecule has 1 aromatic carbocycles. The van der Waals surface area contributed by atoms with E-state index in [1.807, 2.05) is 18.3 Å². The van der Waals surface area contributed by atoms with Crippen molar-refractivity contribution in [3.05, 3.63) is 35.5 Å². The Morgan fingerprint density at radius 3 is 2.81 bits per heavy atom. The first-order valence-corrected chi connectivity index (χ1v) is 10.6. The zero-order valence-electron chi connectivity index (χ0n) is 16.0. The minimum atomic E-state index is 0.736. The van der Waals surface area contributed by atoms with Crippen LogP contribution in [0.1, 0.15) is 51.9 Å². The Bertz CT molecular complexity index is 682. The summed E-state index contributed by atoms with van der Waals surface area (Å²) < 4.78 is 0. The maximum atomic E-state index is 6.08. The third-order valence-corrected chi connectivity index (χ3v) is 5.69. The van der Waals surface area contributed by atoms with E-state index < -0.39 is 0 Å². The number of pyridine rings is 1. The summed E-state index contributed by atoms with van der Waals surface area (Å²) in [5.74, 6) is 0.928. The topological polar surface area (TPSA) is 28.2 Å². The second-order valence-electron chi connectivity index (χ2n) is 7.60. The highest BCUT2D eigenvalue weighted by Gasteiger charge is 2.16. The van der Waals surface area contributed by atoms with E-state index in [4.69, 9.17) is 11.6 Å². The second-order valence-corrected chi connectivity index (χ2v) is 8.04. The molecule has 1 aromatic heterocycles. The van der Waals surface area contributed by atoms with Crippen LogP contribution in [-0.4, -0.2) is 36.1 Å². The van der Waals surface area contributed by atoms with Gasteiger partial charge < -0.3 is 10.2 Å². The molecule has 1 N–H and O–H groups in total. The standard InChI is InChI=1S/C22H32ClN3/c1-2-14-26(17-18-7-4-3-5-8-18)15-6-12-24-21-11-13-25-22-16-19(23)9-10-20(21)22/h9-11,13,16,18H,2-8,12,14-15,17H2,1H3,(H,24,25). The van der Waals surface area contributed by atoms with Gasteiger partial charge in [0, 0.05) is 35.4 Å². The zero-order valence-corrected chi connectivity index (χ0v) is 16.8. The van der Waals surface area contributed by atoms with Gasteiger partial charge in [0.05, 0.1) is 5.52 Å². The van der Waals surface area contributed by atoms with E-state index in [9.17, 15) is 0 Å². The highest BCUT2D eigenvalue weighted by molar-refractivity contribution is 6.31. The van der Waals surface area contributed by atoms with Gasteiger partial charge in [-0.25, -0.2) is 0 Å². The van der Waals surface area contributed by atoms with Crippen LogP contribution in [0.25, 0.3) is 10.9 Å². The monoisotopic (exact) mass is 373 g/mol. The lowest BCUT2D eigenvalue weighted by atomic mass is 9.89. The van der Waals surface area contributed by atoms with Gasteiger partial charge in [-0.1, -0.05) is 37.8 Å². The number of nitrogens with one attached hydrogen (secondary N) is 1. The molecule has 1 fully saturated rings. The summed E-state index contributed by atoms with van der Waals surface area (Å²) in [6.45, 7) is 7.00. The summed E-state index contributed by atoms with van der Waals surface area (Å²) in [5, 5.41) is 5.48. The van der Waals surface area contributed by atoms with Gasteiger partial charge in [0.2, 0.25) is 0 Å². The lowest BCUT2D eigenvalue weighted by Crippen LogP contribution is -2.33. The molecule has 0 spiro atoms. The van der Waals surface area contributed by atoms with Gasteiger partial charge in [0.15, 0.2) is 0 Å². The number of nitrogens with zero attached hydrogens (tertiary/aromatic N) is 2. The second kappa shape index (κ2) is 10.1. The van der Waals surface area contributed by atoms with Gasteiger partial charge in [-0.15, -0.1) is 0 Å². The Kier molecular flexibility index (Phi) is 7.57. The number of anilines is 1. The fourth-order valence-corrected chi connectivity index (χ4v) is 4.31. The fourth-order valence-electron chi connectivity index (χ4n) is 4.15. The van der Waals surface area contributed by atoms with E-state index in [1.54, 1.807) is 0 Å².